The summed E-state index contributed by atoms with van der Waals surface area (Å²) in [5.41, 5.74) is 14.0. The Morgan fingerprint density at radius 2 is 0.684 bits per heavy atom. The minimum absolute atomic E-state index is 0. The van der Waals surface area contributed by atoms with E-state index in [1.165, 1.54) is 0 Å². The van der Waals surface area contributed by atoms with E-state index in [1.54, 1.807) is 12.1 Å². The highest BCUT2D eigenvalue weighted by Crippen LogP contribution is 2.33. The number of aryl methyl sites for hydroxylation is 3. The Labute approximate surface area is 558 Å². The molecule has 2 amide bonds. The lowest BCUT2D eigenvalue weighted by Gasteiger charge is -2.33. The first kappa shape index (κ1) is 65.5. The highest BCUT2D eigenvalue weighted by Gasteiger charge is 2.34. The monoisotopic (exact) mass is 1280 g/mol. The van der Waals surface area contributed by atoms with E-state index in [-0.39, 0.29) is 37.4 Å². The molecule has 0 aliphatic carbocycles. The van der Waals surface area contributed by atoms with Gasteiger partial charge in [-0.2, -0.15) is 0 Å². The maximum absolute atomic E-state index is 13.2. The average Bonchev–Trinajstić information content (AvgIpc) is 1.70. The zero-order valence-electron chi connectivity index (χ0n) is 53.1. The number of carbonyl (C=O) groups is 3. The molecule has 0 saturated carbocycles. The number of fused-ring (bicyclic) bond motifs is 3. The predicted molar refractivity (Wildman–Crippen MR) is 372 cm³/mol. The molecule has 19 heteroatoms. The lowest BCUT2D eigenvalue weighted by molar-refractivity contribution is 0.0631. The van der Waals surface area contributed by atoms with Gasteiger partial charge in [0.25, 0.3) is 17.1 Å². The summed E-state index contributed by atoms with van der Waals surface area (Å²) in [5, 5.41) is 29.0. The Kier molecular flexibility index (Phi) is 20.5. The number of benzene rings is 6. The molecule has 6 aromatic heterocycles. The average molecular weight is 1280 g/mol. The number of halogens is 1. The van der Waals surface area contributed by atoms with Crippen molar-refractivity contribution in [3.63, 3.8) is 0 Å². The summed E-state index contributed by atoms with van der Waals surface area (Å²) in [6.45, 7) is 16.4. The van der Waals surface area contributed by atoms with Crippen molar-refractivity contribution in [1.29, 1.82) is 0 Å². The summed E-state index contributed by atoms with van der Waals surface area (Å²) in [6, 6.07) is 70.8. The second kappa shape index (κ2) is 29.8. The van der Waals surface area contributed by atoms with Crippen molar-refractivity contribution in [2.24, 2.45) is 0 Å². The van der Waals surface area contributed by atoms with Crippen molar-refractivity contribution >= 4 is 28.7 Å². The van der Waals surface area contributed by atoms with Crippen molar-refractivity contribution in [3.8, 4) is 67.9 Å². The molecule has 12 aromatic rings. The van der Waals surface area contributed by atoms with Crippen LogP contribution in [0.5, 0.6) is 0 Å². The molecule has 478 valence electrons. The molecule has 0 bridgehead atoms. The number of amides is 2. The van der Waals surface area contributed by atoms with Gasteiger partial charge in [-0.1, -0.05) is 153 Å². The summed E-state index contributed by atoms with van der Waals surface area (Å²) in [7, 11) is 0. The van der Waals surface area contributed by atoms with Gasteiger partial charge in [0, 0.05) is 73.0 Å². The fraction of sp³-hybridized carbons (Fsp3) is 0.211. The zero-order valence-corrected chi connectivity index (χ0v) is 53.9. The number of nitrogens with zero attached hydrogens (tertiary/aromatic N) is 14. The molecule has 18 nitrogen and oxygen atoms in total. The zero-order chi connectivity index (χ0) is 65.2. The van der Waals surface area contributed by atoms with Crippen LogP contribution in [-0.2, 0) is 19.6 Å². The molecule has 0 radical (unpaired) electrons. The summed E-state index contributed by atoms with van der Waals surface area (Å²) < 4.78 is 6.31. The third-order valence-corrected chi connectivity index (χ3v) is 17.1. The molecule has 15 rings (SSSR count). The molecule has 3 aliphatic rings. The van der Waals surface area contributed by atoms with Crippen LogP contribution in [0.1, 0.15) is 112 Å². The van der Waals surface area contributed by atoms with Crippen LogP contribution in [0, 0.1) is 20.8 Å². The van der Waals surface area contributed by atoms with Crippen molar-refractivity contribution in [1.82, 2.24) is 74.4 Å². The summed E-state index contributed by atoms with van der Waals surface area (Å²) in [6.07, 6.45) is 0. The number of hydrogen-bond donors (Lipinski definition) is 1. The predicted octanol–water partition coefficient (Wildman–Crippen LogP) is 14.7. The SMILES string of the molecule is C.Cc1cccc(-c2nnc3n2CCN(C(=O)c2ccc(-c4ccccc4)cc2)C3C)n1.Cc1cccc(-c2nnc3n2CCN(C(=O)c2ccc(-c4ccccc4)cc2)[C@@H]3C)n1.Cc1cccc(-c2nnc3n2CCNC3C)n1.O=C(Cl)c1ccc(-c2ccccc2)cc1. The minimum atomic E-state index is -0.422. The molecule has 0 fully saturated rings. The Hall–Kier alpha value is -11.0. The topological polar surface area (TPSA) is 201 Å². The minimum Gasteiger partial charge on any atom is -0.327 e. The normalized spacial score (nSPS) is 15.1. The lowest BCUT2D eigenvalue weighted by atomic mass is 10.0. The Bertz CT molecular complexity index is 4400. The Balaban J connectivity index is 0.000000135. The van der Waals surface area contributed by atoms with Gasteiger partial charge in [-0.15, -0.1) is 30.6 Å². The van der Waals surface area contributed by atoms with Crippen molar-refractivity contribution in [3.05, 3.63) is 270 Å². The Morgan fingerprint density at radius 1 is 0.368 bits per heavy atom. The van der Waals surface area contributed by atoms with E-state index in [2.05, 4.69) is 95.8 Å². The Morgan fingerprint density at radius 3 is 1.02 bits per heavy atom. The van der Waals surface area contributed by atoms with E-state index in [0.717, 1.165) is 116 Å². The number of aromatic nitrogens is 12. The molecule has 3 atom stereocenters. The standard InChI is InChI=1S/2C25H23N5O.C13H9ClO.C12H15N5.CH4/c2*1-17-7-6-10-22(26-17)24-28-27-23-18(2)29(15-16-30(23)24)25(31)21-13-11-20(12-14-21)19-8-4-3-5-9-19;14-13(15)12-8-6-11(7-9-12)10-4-2-1-3-5-10;1-8-4-3-5-10(14-8)12-16-15-11-9(2)13-6-7-17(11)12;/h2*3-14,18H,15-16H2,1-2H3;1-9H;3-5,9,13H,6-7H2,1-2H3;1H4/t18-;;;;/m1..../s1. The van der Waals surface area contributed by atoms with Gasteiger partial charge in [0.2, 0.25) is 0 Å². The third kappa shape index (κ3) is 14.8. The second-order valence-electron chi connectivity index (χ2n) is 23.2. The van der Waals surface area contributed by atoms with Crippen molar-refractivity contribution in [2.45, 2.75) is 86.7 Å². The van der Waals surface area contributed by atoms with Crippen LogP contribution in [0.4, 0.5) is 0 Å². The van der Waals surface area contributed by atoms with Crippen LogP contribution in [0.15, 0.2) is 218 Å². The van der Waals surface area contributed by atoms with Crippen LogP contribution < -0.4 is 5.32 Å². The van der Waals surface area contributed by atoms with Crippen LogP contribution in [0.2, 0.25) is 0 Å². The third-order valence-electron chi connectivity index (χ3n) is 16.9. The number of hydrogen-bond acceptors (Lipinski definition) is 13. The van der Waals surface area contributed by atoms with Crippen molar-refractivity contribution < 1.29 is 14.4 Å². The van der Waals surface area contributed by atoms with Gasteiger partial charge < -0.3 is 28.8 Å². The maximum Gasteiger partial charge on any atom is 0.254 e. The molecule has 0 saturated heterocycles. The number of rotatable bonds is 9. The maximum atomic E-state index is 13.2. The molecule has 2 unspecified atom stereocenters. The van der Waals surface area contributed by atoms with Gasteiger partial charge in [-0.05, 0) is 159 Å². The fourth-order valence-electron chi connectivity index (χ4n) is 11.9. The smallest absolute Gasteiger partial charge is 0.254 e. The first-order valence-electron chi connectivity index (χ1n) is 31.4. The lowest BCUT2D eigenvalue weighted by Crippen LogP contribution is -2.41. The molecule has 95 heavy (non-hydrogen) atoms. The van der Waals surface area contributed by atoms with Crippen molar-refractivity contribution in [2.75, 3.05) is 19.6 Å². The largest absolute Gasteiger partial charge is 0.327 e. The van der Waals surface area contributed by atoms with E-state index in [1.807, 2.05) is 226 Å². The molecular weight excluding hydrogens is 1210 g/mol. The van der Waals surface area contributed by atoms with Gasteiger partial charge >= 0.3 is 0 Å². The molecular formula is C76H74ClN15O3. The fourth-order valence-corrected chi connectivity index (χ4v) is 12.0. The summed E-state index contributed by atoms with van der Waals surface area (Å²) >= 11 is 5.36. The molecule has 1 N–H and O–H groups in total. The highest BCUT2D eigenvalue weighted by atomic mass is 35.5. The van der Waals surface area contributed by atoms with Gasteiger partial charge in [-0.3, -0.25) is 14.4 Å². The molecule has 9 heterocycles. The number of carbonyl (C=O) groups excluding carboxylic acids is 3. The van der Waals surface area contributed by atoms with Gasteiger partial charge in [-0.25, -0.2) is 15.0 Å². The quantitative estimate of drug-likeness (QED) is 0.134. The van der Waals surface area contributed by atoms with Gasteiger partial charge in [0.05, 0.1) is 18.1 Å². The van der Waals surface area contributed by atoms with Crippen LogP contribution in [0.3, 0.4) is 0 Å². The van der Waals surface area contributed by atoms with E-state index in [0.29, 0.717) is 42.9 Å². The van der Waals surface area contributed by atoms with Crippen LogP contribution >= 0.6 is 11.6 Å². The van der Waals surface area contributed by atoms with E-state index >= 15 is 0 Å². The molecule has 3 aliphatic heterocycles. The van der Waals surface area contributed by atoms with Crippen LogP contribution in [-0.4, -0.2) is 106 Å². The first-order chi connectivity index (χ1) is 45.8. The van der Waals surface area contributed by atoms with E-state index in [4.69, 9.17) is 11.6 Å². The number of nitrogens with one attached hydrogen (secondary N) is 1. The van der Waals surface area contributed by atoms with Gasteiger partial charge in [0.15, 0.2) is 29.1 Å². The van der Waals surface area contributed by atoms with Crippen LogP contribution in [0.25, 0.3) is 67.9 Å². The van der Waals surface area contributed by atoms with E-state index < -0.39 is 5.24 Å². The highest BCUT2D eigenvalue weighted by molar-refractivity contribution is 6.67. The summed E-state index contributed by atoms with van der Waals surface area (Å²) in [4.78, 5) is 54.8. The first-order valence-corrected chi connectivity index (χ1v) is 31.8. The van der Waals surface area contributed by atoms with E-state index in [9.17, 15) is 14.4 Å². The molecule has 6 aromatic carbocycles. The van der Waals surface area contributed by atoms with Gasteiger partial charge in [0.1, 0.15) is 22.9 Å². The second-order valence-corrected chi connectivity index (χ2v) is 23.6. The molecule has 0 spiro atoms. The number of pyridine rings is 3. The summed E-state index contributed by atoms with van der Waals surface area (Å²) in [5.74, 6) is 4.98.